The van der Waals surface area contributed by atoms with Gasteiger partial charge in [0.15, 0.2) is 0 Å². The number of nitrogens with two attached hydrogens (primary N) is 1. The Morgan fingerprint density at radius 3 is 2.44 bits per heavy atom. The van der Waals surface area contributed by atoms with E-state index in [9.17, 15) is 0 Å². The van der Waals surface area contributed by atoms with Crippen LogP contribution in [0, 0.1) is 13.8 Å². The number of hydrogen-bond acceptors (Lipinski definition) is 2. The topological polar surface area (TPSA) is 35.2 Å². The van der Waals surface area contributed by atoms with Crippen LogP contribution in [0.3, 0.4) is 0 Å². The van der Waals surface area contributed by atoms with Gasteiger partial charge in [0.1, 0.15) is 5.75 Å². The number of benzene rings is 1. The Kier molecular flexibility index (Phi) is 4.81. The van der Waals surface area contributed by atoms with Crippen molar-refractivity contribution in [2.45, 2.75) is 39.5 Å². The summed E-state index contributed by atoms with van der Waals surface area (Å²) >= 11 is 0. The second-order valence-electron chi connectivity index (χ2n) is 4.40. The molecule has 2 heteroatoms. The van der Waals surface area contributed by atoms with Crippen LogP contribution in [-0.4, -0.2) is 13.7 Å². The van der Waals surface area contributed by atoms with Crippen molar-refractivity contribution in [1.29, 1.82) is 0 Å². The lowest BCUT2D eigenvalue weighted by Gasteiger charge is -2.19. The molecule has 0 radical (unpaired) electrons. The molecular weight excluding hydrogens is 198 g/mol. The van der Waals surface area contributed by atoms with E-state index in [4.69, 9.17) is 10.5 Å². The zero-order valence-corrected chi connectivity index (χ0v) is 10.8. The molecule has 0 spiro atoms. The molecule has 1 aromatic rings. The molecule has 0 heterocycles. The van der Waals surface area contributed by atoms with Gasteiger partial charge >= 0.3 is 0 Å². The number of hydrogen-bond donors (Lipinski definition) is 1. The van der Waals surface area contributed by atoms with Crippen molar-refractivity contribution in [2.24, 2.45) is 5.73 Å². The molecule has 0 bridgehead atoms. The minimum atomic E-state index is 0.481. The van der Waals surface area contributed by atoms with E-state index in [1.807, 2.05) is 0 Å². The van der Waals surface area contributed by atoms with Crippen LogP contribution in [0.5, 0.6) is 5.75 Å². The minimum Gasteiger partial charge on any atom is -0.496 e. The average Bonchev–Trinajstić information content (AvgIpc) is 2.28. The van der Waals surface area contributed by atoms with Crippen molar-refractivity contribution in [3.8, 4) is 5.75 Å². The molecule has 0 aliphatic heterocycles. The van der Waals surface area contributed by atoms with Gasteiger partial charge in [-0.3, -0.25) is 0 Å². The smallest absolute Gasteiger partial charge is 0.122 e. The summed E-state index contributed by atoms with van der Waals surface area (Å²) in [4.78, 5) is 0. The number of rotatable bonds is 5. The highest BCUT2D eigenvalue weighted by Gasteiger charge is 2.13. The maximum atomic E-state index is 5.85. The highest BCUT2D eigenvalue weighted by Crippen LogP contribution is 2.29. The molecule has 1 rings (SSSR count). The molecule has 1 unspecified atom stereocenters. The third-order valence-electron chi connectivity index (χ3n) is 3.15. The molecule has 90 valence electrons. The number of ether oxygens (including phenoxy) is 1. The molecule has 16 heavy (non-hydrogen) atoms. The Hall–Kier alpha value is -1.02. The Balaban J connectivity index is 3.08. The normalized spacial score (nSPS) is 12.6. The summed E-state index contributed by atoms with van der Waals surface area (Å²) in [5.74, 6) is 1.45. The van der Waals surface area contributed by atoms with E-state index >= 15 is 0 Å². The zero-order chi connectivity index (χ0) is 12.1. The standard InChI is InChI=1S/C14H23NO/c1-5-6-12(9-15)13-7-11(3)14(16-4)8-10(13)2/h7-8,12H,5-6,9,15H2,1-4H3. The van der Waals surface area contributed by atoms with Gasteiger partial charge < -0.3 is 10.5 Å². The fraction of sp³-hybridized carbons (Fsp3) is 0.571. The molecule has 1 atom stereocenters. The first-order chi connectivity index (χ1) is 7.63. The molecule has 0 fully saturated rings. The van der Waals surface area contributed by atoms with E-state index in [1.165, 1.54) is 23.1 Å². The van der Waals surface area contributed by atoms with Crippen LogP contribution in [0.2, 0.25) is 0 Å². The van der Waals surface area contributed by atoms with Crippen molar-refractivity contribution in [3.63, 3.8) is 0 Å². The van der Waals surface area contributed by atoms with E-state index in [0.29, 0.717) is 5.92 Å². The van der Waals surface area contributed by atoms with E-state index in [2.05, 4.69) is 32.9 Å². The van der Waals surface area contributed by atoms with Crippen molar-refractivity contribution in [3.05, 3.63) is 28.8 Å². The first-order valence-electron chi connectivity index (χ1n) is 5.99. The third kappa shape index (κ3) is 2.76. The fourth-order valence-electron chi connectivity index (χ4n) is 2.22. The summed E-state index contributed by atoms with van der Waals surface area (Å²) in [5, 5.41) is 0. The summed E-state index contributed by atoms with van der Waals surface area (Å²) in [6.07, 6.45) is 2.33. The van der Waals surface area contributed by atoms with Crippen LogP contribution in [0.25, 0.3) is 0 Å². The van der Waals surface area contributed by atoms with Gasteiger partial charge in [0.25, 0.3) is 0 Å². The number of methoxy groups -OCH3 is 1. The maximum absolute atomic E-state index is 5.85. The van der Waals surface area contributed by atoms with Crippen LogP contribution in [0.4, 0.5) is 0 Å². The predicted octanol–water partition coefficient (Wildman–Crippen LogP) is 3.15. The molecule has 0 aliphatic carbocycles. The van der Waals surface area contributed by atoms with Crippen LogP contribution >= 0.6 is 0 Å². The fourth-order valence-corrected chi connectivity index (χ4v) is 2.22. The summed E-state index contributed by atoms with van der Waals surface area (Å²) < 4.78 is 5.32. The van der Waals surface area contributed by atoms with Crippen molar-refractivity contribution < 1.29 is 4.74 Å². The summed E-state index contributed by atoms with van der Waals surface area (Å²) in [7, 11) is 1.72. The van der Waals surface area contributed by atoms with E-state index in [0.717, 1.165) is 18.7 Å². The lowest BCUT2D eigenvalue weighted by Crippen LogP contribution is -2.13. The van der Waals surface area contributed by atoms with Gasteiger partial charge in [-0.25, -0.2) is 0 Å². The first kappa shape index (κ1) is 13.0. The molecular formula is C14H23NO. The lowest BCUT2D eigenvalue weighted by molar-refractivity contribution is 0.411. The number of aryl methyl sites for hydroxylation is 2. The van der Waals surface area contributed by atoms with Crippen LogP contribution in [0.15, 0.2) is 12.1 Å². The second kappa shape index (κ2) is 5.90. The van der Waals surface area contributed by atoms with Crippen molar-refractivity contribution in [1.82, 2.24) is 0 Å². The van der Waals surface area contributed by atoms with Gasteiger partial charge in [-0.15, -0.1) is 0 Å². The predicted molar refractivity (Wildman–Crippen MR) is 69.2 cm³/mol. The molecule has 0 amide bonds. The lowest BCUT2D eigenvalue weighted by atomic mass is 9.89. The molecule has 2 N–H and O–H groups in total. The molecule has 0 saturated carbocycles. The van der Waals surface area contributed by atoms with Gasteiger partial charge in [0, 0.05) is 0 Å². The van der Waals surface area contributed by atoms with Crippen molar-refractivity contribution in [2.75, 3.05) is 13.7 Å². The molecule has 1 aromatic carbocycles. The zero-order valence-electron chi connectivity index (χ0n) is 10.8. The van der Waals surface area contributed by atoms with Gasteiger partial charge in [-0.1, -0.05) is 19.4 Å². The Morgan fingerprint density at radius 1 is 1.25 bits per heavy atom. The highest BCUT2D eigenvalue weighted by atomic mass is 16.5. The monoisotopic (exact) mass is 221 g/mol. The third-order valence-corrected chi connectivity index (χ3v) is 3.15. The minimum absolute atomic E-state index is 0.481. The average molecular weight is 221 g/mol. The van der Waals surface area contributed by atoms with Gasteiger partial charge in [-0.05, 0) is 55.5 Å². The van der Waals surface area contributed by atoms with E-state index in [-0.39, 0.29) is 0 Å². The van der Waals surface area contributed by atoms with Crippen molar-refractivity contribution >= 4 is 0 Å². The molecule has 0 aliphatic rings. The largest absolute Gasteiger partial charge is 0.496 e. The van der Waals surface area contributed by atoms with Gasteiger partial charge in [0.2, 0.25) is 0 Å². The van der Waals surface area contributed by atoms with Crippen LogP contribution in [0.1, 0.15) is 42.4 Å². The first-order valence-corrected chi connectivity index (χ1v) is 5.99. The van der Waals surface area contributed by atoms with Crippen LogP contribution in [-0.2, 0) is 0 Å². The quantitative estimate of drug-likeness (QED) is 0.829. The van der Waals surface area contributed by atoms with Crippen LogP contribution < -0.4 is 10.5 Å². The van der Waals surface area contributed by atoms with Gasteiger partial charge in [0.05, 0.1) is 7.11 Å². The second-order valence-corrected chi connectivity index (χ2v) is 4.40. The summed E-state index contributed by atoms with van der Waals surface area (Å²) in [5.41, 5.74) is 9.70. The molecule has 0 saturated heterocycles. The molecule has 0 aromatic heterocycles. The Labute approximate surface area is 98.8 Å². The highest BCUT2D eigenvalue weighted by molar-refractivity contribution is 5.43. The Bertz CT molecular complexity index is 347. The summed E-state index contributed by atoms with van der Waals surface area (Å²) in [6.45, 7) is 7.14. The molecule has 2 nitrogen and oxygen atoms in total. The SMILES string of the molecule is CCCC(CN)c1cc(C)c(OC)cc1C. The Morgan fingerprint density at radius 2 is 1.94 bits per heavy atom. The van der Waals surface area contributed by atoms with Gasteiger partial charge in [-0.2, -0.15) is 0 Å². The summed E-state index contributed by atoms with van der Waals surface area (Å²) in [6, 6.07) is 4.34. The van der Waals surface area contributed by atoms with E-state index in [1.54, 1.807) is 7.11 Å². The maximum Gasteiger partial charge on any atom is 0.122 e. The van der Waals surface area contributed by atoms with E-state index < -0.39 is 0 Å².